The molecule has 2 aliphatic rings. The van der Waals surface area contributed by atoms with Gasteiger partial charge in [0.15, 0.2) is 0 Å². The van der Waals surface area contributed by atoms with Crippen molar-refractivity contribution in [2.45, 2.75) is 106 Å². The summed E-state index contributed by atoms with van der Waals surface area (Å²) >= 11 is 0. The quantitative estimate of drug-likeness (QED) is 0.417. The zero-order valence-electron chi connectivity index (χ0n) is 22.9. The van der Waals surface area contributed by atoms with Crippen LogP contribution in [0.5, 0.6) is 0 Å². The molecule has 0 bridgehead atoms. The minimum atomic E-state index is 0. The molecule has 11 atom stereocenters. The van der Waals surface area contributed by atoms with Gasteiger partial charge >= 0.3 is 0 Å². The molecule has 32 heavy (non-hydrogen) atoms. The third kappa shape index (κ3) is 8.23. The monoisotopic (exact) mass is 460 g/mol. The van der Waals surface area contributed by atoms with E-state index in [1.807, 2.05) is 0 Å². The van der Waals surface area contributed by atoms with Crippen LogP contribution in [-0.2, 0) is 23.7 Å². The van der Waals surface area contributed by atoms with Crippen molar-refractivity contribution in [3.05, 3.63) is 0 Å². The second-order valence-corrected chi connectivity index (χ2v) is 10.4. The van der Waals surface area contributed by atoms with Gasteiger partial charge in [0.2, 0.25) is 0 Å². The molecule has 0 N–H and O–H groups in total. The molecule has 2 saturated heterocycles. The van der Waals surface area contributed by atoms with Gasteiger partial charge in [-0.3, -0.25) is 0 Å². The molecule has 2 aliphatic heterocycles. The Hall–Kier alpha value is -0.200. The van der Waals surface area contributed by atoms with Gasteiger partial charge in [0.05, 0.1) is 50.3 Å². The first-order valence-corrected chi connectivity index (χ1v) is 13.0. The number of rotatable bonds is 9. The molecule has 2 rings (SSSR count). The van der Waals surface area contributed by atoms with Gasteiger partial charge in [0, 0.05) is 27.5 Å². The van der Waals surface area contributed by atoms with Gasteiger partial charge in [0.25, 0.3) is 0 Å². The number of methoxy groups -OCH3 is 2. The Morgan fingerprint density at radius 2 is 1.22 bits per heavy atom. The molecule has 0 spiro atoms. The van der Waals surface area contributed by atoms with Crippen LogP contribution in [0.1, 0.15) is 76.6 Å². The standard InChI is InChI=1S/C22H42O4.C5H12O.H2/c1-9-21-15(4)13(2)20(18(7)25-21)11-24-12-22-16(5)14(3)19(10-23-8)17(6)26-22;1-4-5(2)6-3;/h13-22H,9-12H2,1-8H3;5H,4H2,1-3H3;1H. The van der Waals surface area contributed by atoms with E-state index in [2.05, 4.69) is 62.3 Å². The molecular weight excluding hydrogens is 404 g/mol. The summed E-state index contributed by atoms with van der Waals surface area (Å²) in [6.45, 7) is 22.3. The fourth-order valence-electron chi connectivity index (χ4n) is 5.23. The van der Waals surface area contributed by atoms with Gasteiger partial charge in [0.1, 0.15) is 0 Å². The summed E-state index contributed by atoms with van der Waals surface area (Å²) in [6.07, 6.45) is 3.67. The minimum Gasteiger partial charge on any atom is -0.384 e. The first kappa shape index (κ1) is 29.8. The average Bonchev–Trinajstić information content (AvgIpc) is 2.79. The van der Waals surface area contributed by atoms with Crippen molar-refractivity contribution >= 4 is 0 Å². The normalized spacial score (nSPS) is 41.0. The molecule has 0 aromatic carbocycles. The van der Waals surface area contributed by atoms with Crippen molar-refractivity contribution < 1.29 is 25.1 Å². The second-order valence-electron chi connectivity index (χ2n) is 10.4. The summed E-state index contributed by atoms with van der Waals surface area (Å²) in [5, 5.41) is 0. The maximum absolute atomic E-state index is 6.30. The number of hydrogen-bond donors (Lipinski definition) is 0. The smallest absolute Gasteiger partial charge is 0.0840 e. The Balaban J connectivity index is 0.00000129. The highest BCUT2D eigenvalue weighted by Gasteiger charge is 2.41. The van der Waals surface area contributed by atoms with E-state index in [-0.39, 0.29) is 19.7 Å². The van der Waals surface area contributed by atoms with E-state index in [0.717, 1.165) is 26.1 Å². The fraction of sp³-hybridized carbons (Fsp3) is 1.00. The first-order chi connectivity index (χ1) is 15.1. The summed E-state index contributed by atoms with van der Waals surface area (Å²) in [5.41, 5.74) is 0. The first-order valence-electron chi connectivity index (χ1n) is 13.0. The van der Waals surface area contributed by atoms with E-state index in [4.69, 9.17) is 23.7 Å². The van der Waals surface area contributed by atoms with Gasteiger partial charge in [-0.15, -0.1) is 0 Å². The number of ether oxygens (including phenoxy) is 5. The van der Waals surface area contributed by atoms with E-state index in [1.54, 1.807) is 14.2 Å². The molecular formula is C27H56O5. The van der Waals surface area contributed by atoms with Crippen LogP contribution in [0.2, 0.25) is 0 Å². The topological polar surface area (TPSA) is 46.2 Å². The van der Waals surface area contributed by atoms with E-state index in [1.165, 1.54) is 0 Å². The van der Waals surface area contributed by atoms with Crippen molar-refractivity contribution in [3.63, 3.8) is 0 Å². The van der Waals surface area contributed by atoms with Gasteiger partial charge in [-0.05, 0) is 57.3 Å². The maximum atomic E-state index is 6.30. The van der Waals surface area contributed by atoms with Gasteiger partial charge in [-0.2, -0.15) is 0 Å². The van der Waals surface area contributed by atoms with Crippen LogP contribution >= 0.6 is 0 Å². The van der Waals surface area contributed by atoms with E-state index in [9.17, 15) is 0 Å². The van der Waals surface area contributed by atoms with Crippen molar-refractivity contribution in [2.75, 3.05) is 34.0 Å². The molecule has 0 saturated carbocycles. The third-order valence-electron chi connectivity index (χ3n) is 8.50. The summed E-state index contributed by atoms with van der Waals surface area (Å²) in [4.78, 5) is 0. The lowest BCUT2D eigenvalue weighted by Crippen LogP contribution is -2.49. The molecule has 0 aromatic rings. The van der Waals surface area contributed by atoms with Crippen molar-refractivity contribution in [3.8, 4) is 0 Å². The highest BCUT2D eigenvalue weighted by Crippen LogP contribution is 2.38. The second kappa shape index (κ2) is 14.9. The predicted molar refractivity (Wildman–Crippen MR) is 134 cm³/mol. The van der Waals surface area contributed by atoms with Crippen LogP contribution < -0.4 is 0 Å². The molecule has 2 fully saturated rings. The highest BCUT2D eigenvalue weighted by atomic mass is 16.5. The molecule has 0 aromatic heterocycles. The van der Waals surface area contributed by atoms with Crippen LogP contribution in [0.15, 0.2) is 0 Å². The number of hydrogen-bond acceptors (Lipinski definition) is 5. The van der Waals surface area contributed by atoms with E-state index in [0.29, 0.717) is 54.3 Å². The molecule has 2 heterocycles. The van der Waals surface area contributed by atoms with E-state index < -0.39 is 0 Å². The molecule has 0 aliphatic carbocycles. The Bertz CT molecular complexity index is 489. The predicted octanol–water partition coefficient (Wildman–Crippen LogP) is 6.09. The lowest BCUT2D eigenvalue weighted by atomic mass is 9.75. The summed E-state index contributed by atoms with van der Waals surface area (Å²) in [5.74, 6) is 3.19. The Kier molecular flexibility index (Phi) is 13.9. The molecule has 11 unspecified atom stereocenters. The van der Waals surface area contributed by atoms with E-state index >= 15 is 0 Å². The summed E-state index contributed by atoms with van der Waals surface area (Å²) < 4.78 is 29.0. The van der Waals surface area contributed by atoms with Gasteiger partial charge in [-0.25, -0.2) is 0 Å². The summed E-state index contributed by atoms with van der Waals surface area (Å²) in [7, 11) is 3.51. The highest BCUT2D eigenvalue weighted by molar-refractivity contribution is 4.88. The lowest BCUT2D eigenvalue weighted by molar-refractivity contribution is -0.177. The SMILES string of the molecule is CCC(C)OC.CCC1OC(C)C(COCC2OC(C)C(COC)C(C)C2C)C(C)C1C.[HH]. The van der Waals surface area contributed by atoms with Crippen LogP contribution in [0.4, 0.5) is 0 Å². The molecule has 5 nitrogen and oxygen atoms in total. The Morgan fingerprint density at radius 1 is 0.719 bits per heavy atom. The molecule has 194 valence electrons. The Morgan fingerprint density at radius 3 is 1.66 bits per heavy atom. The van der Waals surface area contributed by atoms with Crippen LogP contribution in [0.25, 0.3) is 0 Å². The zero-order chi connectivity index (χ0) is 24.4. The van der Waals surface area contributed by atoms with Crippen LogP contribution in [-0.4, -0.2) is 64.6 Å². The van der Waals surface area contributed by atoms with Gasteiger partial charge < -0.3 is 23.7 Å². The third-order valence-corrected chi connectivity index (χ3v) is 8.50. The maximum Gasteiger partial charge on any atom is 0.0840 e. The van der Waals surface area contributed by atoms with Crippen LogP contribution in [0.3, 0.4) is 0 Å². The molecule has 0 amide bonds. The average molecular weight is 461 g/mol. The fourth-order valence-corrected chi connectivity index (χ4v) is 5.23. The molecule has 0 radical (unpaired) electrons. The van der Waals surface area contributed by atoms with Crippen molar-refractivity contribution in [1.29, 1.82) is 0 Å². The zero-order valence-corrected chi connectivity index (χ0v) is 22.9. The summed E-state index contributed by atoms with van der Waals surface area (Å²) in [6, 6.07) is 0. The van der Waals surface area contributed by atoms with Crippen molar-refractivity contribution in [2.24, 2.45) is 35.5 Å². The molecule has 5 heteroatoms. The largest absolute Gasteiger partial charge is 0.384 e. The lowest BCUT2D eigenvalue weighted by Gasteiger charge is -2.45. The minimum absolute atomic E-state index is 0. The van der Waals surface area contributed by atoms with Crippen molar-refractivity contribution in [1.82, 2.24) is 0 Å². The van der Waals surface area contributed by atoms with Gasteiger partial charge in [-0.1, -0.05) is 41.5 Å². The Labute approximate surface area is 200 Å². The van der Waals surface area contributed by atoms with Crippen LogP contribution in [0, 0.1) is 35.5 Å².